The Morgan fingerprint density at radius 2 is 2.05 bits per heavy atom. The minimum absolute atomic E-state index is 0.0210. The first kappa shape index (κ1) is 16.5. The van der Waals surface area contributed by atoms with Crippen LogP contribution < -0.4 is 4.74 Å². The molecule has 0 aliphatic carbocycles. The lowest BCUT2D eigenvalue weighted by Gasteiger charge is -2.05. The number of thioether (sulfide) groups is 1. The third-order valence-corrected chi connectivity index (χ3v) is 4.17. The molecule has 7 heteroatoms. The standard InChI is InChI=1S/C15H19N3O3S/c1-10(19)8-14-16-17-15(18(14)2)22-9-13(20)11-4-6-12(21-3)7-5-11/h4-7,10,19H,8-9H2,1-3H3/t10-/m0/s1. The first-order valence-corrected chi connectivity index (χ1v) is 7.86. The summed E-state index contributed by atoms with van der Waals surface area (Å²) in [5.74, 6) is 1.73. The molecule has 1 aromatic carbocycles. The lowest BCUT2D eigenvalue weighted by atomic mass is 10.1. The van der Waals surface area contributed by atoms with Gasteiger partial charge >= 0.3 is 0 Å². The molecule has 22 heavy (non-hydrogen) atoms. The summed E-state index contributed by atoms with van der Waals surface area (Å²) in [6.45, 7) is 1.70. The van der Waals surface area contributed by atoms with Crippen molar-refractivity contribution in [2.75, 3.05) is 12.9 Å². The molecular weight excluding hydrogens is 302 g/mol. The molecule has 2 rings (SSSR count). The Kier molecular flexibility index (Phi) is 5.57. The molecule has 0 saturated heterocycles. The van der Waals surface area contributed by atoms with Gasteiger partial charge in [0, 0.05) is 19.0 Å². The molecule has 0 amide bonds. The molecular formula is C15H19N3O3S. The van der Waals surface area contributed by atoms with Crippen molar-refractivity contribution in [2.24, 2.45) is 7.05 Å². The van der Waals surface area contributed by atoms with E-state index in [2.05, 4.69) is 10.2 Å². The van der Waals surface area contributed by atoms with E-state index < -0.39 is 6.10 Å². The van der Waals surface area contributed by atoms with Crippen molar-refractivity contribution in [3.05, 3.63) is 35.7 Å². The van der Waals surface area contributed by atoms with E-state index in [-0.39, 0.29) is 11.5 Å². The summed E-state index contributed by atoms with van der Waals surface area (Å²) in [6, 6.07) is 7.02. The molecule has 0 spiro atoms. The number of ether oxygens (including phenoxy) is 1. The van der Waals surface area contributed by atoms with Gasteiger partial charge in [-0.05, 0) is 31.2 Å². The molecule has 1 aromatic heterocycles. The van der Waals surface area contributed by atoms with Crippen LogP contribution >= 0.6 is 11.8 Å². The highest BCUT2D eigenvalue weighted by Crippen LogP contribution is 2.19. The number of carbonyl (C=O) groups is 1. The van der Waals surface area contributed by atoms with Gasteiger partial charge < -0.3 is 14.4 Å². The molecule has 0 aliphatic heterocycles. The van der Waals surface area contributed by atoms with Crippen molar-refractivity contribution in [1.29, 1.82) is 0 Å². The predicted octanol–water partition coefficient (Wildman–Crippen LogP) is 1.72. The van der Waals surface area contributed by atoms with Crippen molar-refractivity contribution in [1.82, 2.24) is 14.8 Å². The normalized spacial score (nSPS) is 12.2. The summed E-state index contributed by atoms with van der Waals surface area (Å²) in [4.78, 5) is 12.2. The number of ketones is 1. The van der Waals surface area contributed by atoms with E-state index in [4.69, 9.17) is 4.74 Å². The van der Waals surface area contributed by atoms with Crippen molar-refractivity contribution >= 4 is 17.5 Å². The zero-order valence-corrected chi connectivity index (χ0v) is 13.6. The molecule has 0 fully saturated rings. The Labute approximate surface area is 133 Å². The molecule has 1 N–H and O–H groups in total. The molecule has 118 valence electrons. The van der Waals surface area contributed by atoms with E-state index in [0.717, 1.165) is 5.75 Å². The highest BCUT2D eigenvalue weighted by Gasteiger charge is 2.13. The maximum absolute atomic E-state index is 12.2. The third-order valence-electron chi connectivity index (χ3n) is 3.15. The smallest absolute Gasteiger partial charge is 0.191 e. The molecule has 0 aliphatic rings. The maximum Gasteiger partial charge on any atom is 0.191 e. The van der Waals surface area contributed by atoms with Crippen LogP contribution in [0.25, 0.3) is 0 Å². The summed E-state index contributed by atoms with van der Waals surface area (Å²) >= 11 is 1.33. The van der Waals surface area contributed by atoms with Crippen LogP contribution in [0.1, 0.15) is 23.1 Å². The molecule has 0 saturated carbocycles. The lowest BCUT2D eigenvalue weighted by molar-refractivity contribution is 0.102. The van der Waals surface area contributed by atoms with E-state index in [1.165, 1.54) is 11.8 Å². The number of rotatable bonds is 7. The van der Waals surface area contributed by atoms with Gasteiger partial charge in [-0.3, -0.25) is 4.79 Å². The SMILES string of the molecule is COc1ccc(C(=O)CSc2nnc(C[C@H](C)O)n2C)cc1. The largest absolute Gasteiger partial charge is 0.497 e. The second kappa shape index (κ2) is 7.42. The van der Waals surface area contributed by atoms with Crippen LogP contribution in [0, 0.1) is 0 Å². The number of aliphatic hydroxyl groups is 1. The van der Waals surface area contributed by atoms with Gasteiger partial charge in [0.2, 0.25) is 0 Å². The minimum Gasteiger partial charge on any atom is -0.497 e. The monoisotopic (exact) mass is 321 g/mol. The van der Waals surface area contributed by atoms with E-state index in [1.54, 1.807) is 42.9 Å². The number of hydrogen-bond acceptors (Lipinski definition) is 6. The van der Waals surface area contributed by atoms with Gasteiger partial charge in [-0.2, -0.15) is 0 Å². The Bertz CT molecular complexity index is 638. The van der Waals surface area contributed by atoms with Crippen molar-refractivity contribution in [3.63, 3.8) is 0 Å². The summed E-state index contributed by atoms with van der Waals surface area (Å²) in [6.07, 6.45) is -0.0297. The fourth-order valence-corrected chi connectivity index (χ4v) is 2.73. The summed E-state index contributed by atoms with van der Waals surface area (Å²) < 4.78 is 6.87. The Balaban J connectivity index is 1.97. The Morgan fingerprint density at radius 3 is 2.64 bits per heavy atom. The molecule has 0 unspecified atom stereocenters. The van der Waals surface area contributed by atoms with Crippen molar-refractivity contribution < 1.29 is 14.6 Å². The molecule has 1 atom stereocenters. The topological polar surface area (TPSA) is 77.2 Å². The fraction of sp³-hybridized carbons (Fsp3) is 0.400. The Morgan fingerprint density at radius 1 is 1.36 bits per heavy atom. The average molecular weight is 321 g/mol. The molecule has 2 aromatic rings. The number of methoxy groups -OCH3 is 1. The lowest BCUT2D eigenvalue weighted by Crippen LogP contribution is -2.10. The van der Waals surface area contributed by atoms with E-state index in [1.807, 2.05) is 7.05 Å². The zero-order valence-electron chi connectivity index (χ0n) is 12.8. The first-order chi connectivity index (χ1) is 10.5. The molecule has 1 heterocycles. The second-order valence-corrected chi connectivity index (χ2v) is 5.89. The van der Waals surface area contributed by atoms with E-state index in [9.17, 15) is 9.90 Å². The van der Waals surface area contributed by atoms with Crippen molar-refractivity contribution in [3.8, 4) is 5.75 Å². The number of benzene rings is 1. The van der Waals surface area contributed by atoms with Gasteiger partial charge in [0.05, 0.1) is 19.0 Å². The van der Waals surface area contributed by atoms with E-state index >= 15 is 0 Å². The van der Waals surface area contributed by atoms with Gasteiger partial charge in [-0.25, -0.2) is 0 Å². The van der Waals surface area contributed by atoms with Crippen LogP contribution in [-0.2, 0) is 13.5 Å². The fourth-order valence-electron chi connectivity index (χ4n) is 1.90. The molecule has 0 radical (unpaired) electrons. The van der Waals surface area contributed by atoms with Crippen LogP contribution in [0.3, 0.4) is 0 Å². The number of aliphatic hydroxyl groups excluding tert-OH is 1. The van der Waals surface area contributed by atoms with Gasteiger partial charge in [0.15, 0.2) is 10.9 Å². The summed E-state index contributed by atoms with van der Waals surface area (Å²) in [5.41, 5.74) is 0.639. The van der Waals surface area contributed by atoms with Gasteiger partial charge in [-0.15, -0.1) is 10.2 Å². The highest BCUT2D eigenvalue weighted by atomic mass is 32.2. The van der Waals surface area contributed by atoms with Crippen LogP contribution in [0.15, 0.2) is 29.4 Å². The maximum atomic E-state index is 12.2. The quantitative estimate of drug-likeness (QED) is 0.618. The second-order valence-electron chi connectivity index (χ2n) is 4.95. The van der Waals surface area contributed by atoms with Crippen molar-refractivity contribution in [2.45, 2.75) is 24.6 Å². The van der Waals surface area contributed by atoms with Gasteiger partial charge in [0.1, 0.15) is 11.6 Å². The van der Waals surface area contributed by atoms with Crippen LogP contribution in [0.2, 0.25) is 0 Å². The number of aromatic nitrogens is 3. The van der Waals surface area contributed by atoms with Gasteiger partial charge in [-0.1, -0.05) is 11.8 Å². The predicted molar refractivity (Wildman–Crippen MR) is 84.4 cm³/mol. The van der Waals surface area contributed by atoms with Gasteiger partial charge in [0.25, 0.3) is 0 Å². The Hall–Kier alpha value is -1.86. The van der Waals surface area contributed by atoms with Crippen LogP contribution in [0.4, 0.5) is 0 Å². The number of carbonyl (C=O) groups excluding carboxylic acids is 1. The highest BCUT2D eigenvalue weighted by molar-refractivity contribution is 7.99. The number of nitrogens with zero attached hydrogens (tertiary/aromatic N) is 3. The number of Topliss-reactive ketones (excluding diaryl/α,β-unsaturated/α-hetero) is 1. The minimum atomic E-state index is -0.471. The average Bonchev–Trinajstić information content (AvgIpc) is 2.85. The number of hydrogen-bond donors (Lipinski definition) is 1. The van der Waals surface area contributed by atoms with Crippen LogP contribution in [-0.4, -0.2) is 44.6 Å². The summed E-state index contributed by atoms with van der Waals surface area (Å²) in [7, 11) is 3.42. The first-order valence-electron chi connectivity index (χ1n) is 6.87. The van der Waals surface area contributed by atoms with Crippen LogP contribution in [0.5, 0.6) is 5.75 Å². The summed E-state index contributed by atoms with van der Waals surface area (Å²) in [5, 5.41) is 18.1. The molecule has 0 bridgehead atoms. The van der Waals surface area contributed by atoms with E-state index in [0.29, 0.717) is 23.0 Å². The molecule has 6 nitrogen and oxygen atoms in total. The zero-order chi connectivity index (χ0) is 16.1. The third kappa shape index (κ3) is 4.08.